The van der Waals surface area contributed by atoms with E-state index in [0.29, 0.717) is 24.8 Å². The number of anilines is 1. The Morgan fingerprint density at radius 1 is 1.32 bits per heavy atom. The number of hydrogen-bond acceptors (Lipinski definition) is 5. The first kappa shape index (κ1) is 17.5. The number of pyridine rings is 1. The molecule has 2 aromatic heterocycles. The number of amides is 2. The molecule has 5 heterocycles. The van der Waals surface area contributed by atoms with Crippen molar-refractivity contribution >= 4 is 28.6 Å². The van der Waals surface area contributed by atoms with E-state index in [0.717, 1.165) is 49.1 Å². The molecule has 3 fully saturated rings. The first-order chi connectivity index (χ1) is 13.6. The smallest absolute Gasteiger partial charge is 0.223 e. The fourth-order valence-corrected chi connectivity index (χ4v) is 5.59. The molecule has 28 heavy (non-hydrogen) atoms. The molecule has 148 valence electrons. The van der Waals surface area contributed by atoms with Gasteiger partial charge in [-0.25, -0.2) is 4.98 Å². The Bertz CT molecular complexity index is 910. The summed E-state index contributed by atoms with van der Waals surface area (Å²) in [4.78, 5) is 33.5. The van der Waals surface area contributed by atoms with E-state index in [4.69, 9.17) is 4.42 Å². The summed E-state index contributed by atoms with van der Waals surface area (Å²) in [6.45, 7) is 3.83. The van der Waals surface area contributed by atoms with Crippen LogP contribution in [0.5, 0.6) is 0 Å². The lowest BCUT2D eigenvalue weighted by atomic mass is 9.72. The lowest BCUT2D eigenvalue weighted by Gasteiger charge is -2.56. The molecule has 0 saturated carbocycles. The molecular weight excluding hydrogens is 356 g/mol. The third kappa shape index (κ3) is 2.84. The summed E-state index contributed by atoms with van der Waals surface area (Å²) in [5.41, 5.74) is 0.852. The second-order valence-electron chi connectivity index (χ2n) is 8.39. The van der Waals surface area contributed by atoms with Crippen molar-refractivity contribution in [3.63, 3.8) is 0 Å². The predicted molar refractivity (Wildman–Crippen MR) is 105 cm³/mol. The molecule has 7 heteroatoms. The van der Waals surface area contributed by atoms with Crippen molar-refractivity contribution in [1.82, 2.24) is 15.2 Å². The van der Waals surface area contributed by atoms with E-state index in [1.165, 1.54) is 6.92 Å². The normalized spacial score (nSPS) is 29.7. The Morgan fingerprint density at radius 2 is 2.18 bits per heavy atom. The van der Waals surface area contributed by atoms with Gasteiger partial charge in [0.05, 0.1) is 17.7 Å². The molecule has 5 rings (SSSR count). The van der Waals surface area contributed by atoms with Crippen LogP contribution in [0, 0.1) is 11.8 Å². The van der Waals surface area contributed by atoms with E-state index < -0.39 is 0 Å². The van der Waals surface area contributed by atoms with Crippen LogP contribution in [-0.2, 0) is 9.59 Å². The van der Waals surface area contributed by atoms with Gasteiger partial charge in [0.15, 0.2) is 0 Å². The lowest BCUT2D eigenvalue weighted by molar-refractivity contribution is -0.149. The van der Waals surface area contributed by atoms with Crippen LogP contribution in [0.25, 0.3) is 11.0 Å². The van der Waals surface area contributed by atoms with Gasteiger partial charge in [-0.1, -0.05) is 0 Å². The van der Waals surface area contributed by atoms with Crippen LogP contribution < -0.4 is 10.2 Å². The average Bonchev–Trinajstić information content (AvgIpc) is 3.17. The van der Waals surface area contributed by atoms with E-state index in [2.05, 4.69) is 20.1 Å². The van der Waals surface area contributed by atoms with Gasteiger partial charge >= 0.3 is 0 Å². The number of rotatable bonds is 3. The molecule has 1 N–H and O–H groups in total. The van der Waals surface area contributed by atoms with Crippen LogP contribution in [0.2, 0.25) is 0 Å². The Hall–Kier alpha value is -2.57. The van der Waals surface area contributed by atoms with E-state index in [-0.39, 0.29) is 23.9 Å². The minimum Gasteiger partial charge on any atom is -0.464 e. The first-order valence-electron chi connectivity index (χ1n) is 10.2. The number of carbonyl (C=O) groups is 2. The summed E-state index contributed by atoms with van der Waals surface area (Å²) in [6, 6.07) is 4.20. The molecule has 3 aliphatic rings. The lowest BCUT2D eigenvalue weighted by Crippen LogP contribution is -2.67. The maximum absolute atomic E-state index is 12.8. The zero-order chi connectivity index (χ0) is 19.3. The van der Waals surface area contributed by atoms with E-state index in [1.807, 2.05) is 12.1 Å². The molecule has 0 aliphatic carbocycles. The molecule has 2 bridgehead atoms. The fourth-order valence-electron chi connectivity index (χ4n) is 5.59. The molecule has 3 aliphatic heterocycles. The van der Waals surface area contributed by atoms with E-state index >= 15 is 0 Å². The van der Waals surface area contributed by atoms with Crippen molar-refractivity contribution in [2.75, 3.05) is 24.5 Å². The monoisotopic (exact) mass is 382 g/mol. The molecule has 0 unspecified atom stereocenters. The highest BCUT2D eigenvalue weighted by molar-refractivity contribution is 5.88. The fraction of sp³-hybridized carbons (Fsp3) is 0.571. The number of furan rings is 1. The highest BCUT2D eigenvalue weighted by Gasteiger charge is 2.49. The van der Waals surface area contributed by atoms with Crippen molar-refractivity contribution in [3.8, 4) is 0 Å². The van der Waals surface area contributed by atoms with Crippen molar-refractivity contribution in [3.05, 3.63) is 24.6 Å². The van der Waals surface area contributed by atoms with Gasteiger partial charge < -0.3 is 19.5 Å². The maximum atomic E-state index is 12.8. The van der Waals surface area contributed by atoms with Gasteiger partial charge in [-0.05, 0) is 43.2 Å². The first-order valence-corrected chi connectivity index (χ1v) is 10.2. The summed E-state index contributed by atoms with van der Waals surface area (Å²) >= 11 is 0. The number of aromatic nitrogens is 1. The van der Waals surface area contributed by atoms with Gasteiger partial charge in [-0.3, -0.25) is 9.59 Å². The summed E-state index contributed by atoms with van der Waals surface area (Å²) in [7, 11) is 0. The molecule has 0 radical (unpaired) electrons. The topological polar surface area (TPSA) is 78.7 Å². The number of piperidine rings is 3. The van der Waals surface area contributed by atoms with Crippen molar-refractivity contribution in [2.45, 2.75) is 44.7 Å². The minimum atomic E-state index is -0.0411. The highest BCUT2D eigenvalue weighted by Crippen LogP contribution is 2.43. The highest BCUT2D eigenvalue weighted by atomic mass is 16.3. The van der Waals surface area contributed by atoms with Gasteiger partial charge in [-0.15, -0.1) is 0 Å². The molecule has 0 aromatic carbocycles. The van der Waals surface area contributed by atoms with E-state index in [1.54, 1.807) is 12.5 Å². The zero-order valence-electron chi connectivity index (χ0n) is 16.1. The third-order valence-electron chi connectivity index (χ3n) is 6.72. The standard InChI is InChI=1S/C21H26N4O3/c1-13(26)23-10-18-15-9-14(17-3-2-4-20(27)25(17)18)11-24(12-15)21-16-6-8-28-19(16)5-7-22-21/h5-8,14-15,17-18H,2-4,9-12H2,1H3,(H,23,26)/t14-,15+,17+,18+/m1/s1. The quantitative estimate of drug-likeness (QED) is 0.880. The van der Waals surface area contributed by atoms with Crippen LogP contribution >= 0.6 is 0 Å². The molecule has 2 amide bonds. The van der Waals surface area contributed by atoms with Crippen LogP contribution in [0.3, 0.4) is 0 Å². The molecule has 0 spiro atoms. The van der Waals surface area contributed by atoms with Crippen LogP contribution in [-0.4, -0.2) is 53.4 Å². The van der Waals surface area contributed by atoms with Crippen molar-refractivity contribution < 1.29 is 14.0 Å². The third-order valence-corrected chi connectivity index (χ3v) is 6.72. The Balaban J connectivity index is 1.48. The molecule has 2 aromatic rings. The number of hydrogen-bond donors (Lipinski definition) is 1. The van der Waals surface area contributed by atoms with Crippen LogP contribution in [0.15, 0.2) is 29.0 Å². The van der Waals surface area contributed by atoms with Gasteiger partial charge in [0.25, 0.3) is 0 Å². The van der Waals surface area contributed by atoms with Crippen molar-refractivity contribution in [1.29, 1.82) is 0 Å². The summed E-state index contributed by atoms with van der Waals surface area (Å²) in [5, 5.41) is 4.01. The van der Waals surface area contributed by atoms with Crippen LogP contribution in [0.1, 0.15) is 32.6 Å². The predicted octanol–water partition coefficient (Wildman–Crippen LogP) is 2.17. The van der Waals surface area contributed by atoms with Gasteiger partial charge in [0, 0.05) is 45.2 Å². The SMILES string of the molecule is CC(=O)NC[C@H]1[C@H]2C[C@H](CN(c3nccc4occc34)C2)[C@@H]2CCCC(=O)N21. The second-order valence-corrected chi connectivity index (χ2v) is 8.39. The summed E-state index contributed by atoms with van der Waals surface area (Å²) < 4.78 is 5.56. The van der Waals surface area contributed by atoms with Crippen molar-refractivity contribution in [2.24, 2.45) is 11.8 Å². The summed E-state index contributed by atoms with van der Waals surface area (Å²) in [5.74, 6) is 1.95. The van der Waals surface area contributed by atoms with Gasteiger partial charge in [0.2, 0.25) is 11.8 Å². The van der Waals surface area contributed by atoms with Gasteiger partial charge in [0.1, 0.15) is 11.4 Å². The summed E-state index contributed by atoms with van der Waals surface area (Å²) in [6.07, 6.45) is 7.27. The second kappa shape index (κ2) is 6.79. The minimum absolute atomic E-state index is 0.0411. The van der Waals surface area contributed by atoms with E-state index in [9.17, 15) is 9.59 Å². The molecule has 7 nitrogen and oxygen atoms in total. The Kier molecular flexibility index (Phi) is 4.25. The molecule has 3 saturated heterocycles. The molecule has 4 atom stereocenters. The van der Waals surface area contributed by atoms with Crippen LogP contribution in [0.4, 0.5) is 5.82 Å². The Labute approximate surface area is 164 Å². The Morgan fingerprint density at radius 3 is 3.04 bits per heavy atom. The number of nitrogens with one attached hydrogen (secondary N) is 1. The number of nitrogens with zero attached hydrogens (tertiary/aromatic N) is 3. The average molecular weight is 382 g/mol. The molecular formula is C21H26N4O3. The number of carbonyl (C=O) groups excluding carboxylic acids is 2. The maximum Gasteiger partial charge on any atom is 0.223 e. The number of fused-ring (bicyclic) bond motifs is 5. The van der Waals surface area contributed by atoms with Gasteiger partial charge in [-0.2, -0.15) is 0 Å². The zero-order valence-corrected chi connectivity index (χ0v) is 16.1. The largest absolute Gasteiger partial charge is 0.464 e.